The van der Waals surface area contributed by atoms with Gasteiger partial charge in [-0.1, -0.05) is 32.1 Å². The molecule has 0 aromatic carbocycles. The van der Waals surface area contributed by atoms with Gasteiger partial charge in [0.05, 0.1) is 15.9 Å². The standard InChI is InChI=1S/C16H24BrN3S/c17-14-15(11-6-4-5-7-11)19-13(20-16(14)18)10-21-12-8-2-1-3-9-12/h11-12H,1-10H2,(H2,18,19,20). The zero-order valence-corrected chi connectivity index (χ0v) is 14.9. The Morgan fingerprint density at radius 2 is 1.67 bits per heavy atom. The van der Waals surface area contributed by atoms with E-state index in [4.69, 9.17) is 10.7 Å². The first kappa shape index (κ1) is 15.6. The lowest BCUT2D eigenvalue weighted by molar-refractivity contribution is 0.516. The van der Waals surface area contributed by atoms with Crippen molar-refractivity contribution in [3.63, 3.8) is 0 Å². The van der Waals surface area contributed by atoms with E-state index in [0.29, 0.717) is 11.7 Å². The lowest BCUT2D eigenvalue weighted by Crippen LogP contribution is -2.11. The van der Waals surface area contributed by atoms with Crippen LogP contribution in [0.25, 0.3) is 0 Å². The van der Waals surface area contributed by atoms with Crippen molar-refractivity contribution in [3.05, 3.63) is 16.0 Å². The van der Waals surface area contributed by atoms with Crippen LogP contribution in [-0.4, -0.2) is 15.2 Å². The van der Waals surface area contributed by atoms with Crippen molar-refractivity contribution in [2.24, 2.45) is 0 Å². The second-order valence-corrected chi connectivity index (χ2v) is 8.36. The number of thioether (sulfide) groups is 1. The summed E-state index contributed by atoms with van der Waals surface area (Å²) >= 11 is 5.62. The van der Waals surface area contributed by atoms with E-state index in [2.05, 4.69) is 20.9 Å². The molecule has 0 unspecified atom stereocenters. The third-order valence-corrected chi connectivity index (χ3v) is 6.87. The fourth-order valence-corrected chi connectivity index (χ4v) is 5.17. The van der Waals surface area contributed by atoms with Crippen LogP contribution in [0.15, 0.2) is 4.47 Å². The molecule has 21 heavy (non-hydrogen) atoms. The predicted octanol–water partition coefficient (Wildman–Crippen LogP) is 5.04. The van der Waals surface area contributed by atoms with Crippen molar-refractivity contribution in [2.45, 2.75) is 74.7 Å². The highest BCUT2D eigenvalue weighted by molar-refractivity contribution is 9.10. The second-order valence-electron chi connectivity index (χ2n) is 6.28. The molecule has 2 saturated carbocycles. The number of halogens is 1. The number of hydrogen-bond donors (Lipinski definition) is 1. The summed E-state index contributed by atoms with van der Waals surface area (Å²) in [7, 11) is 0. The van der Waals surface area contributed by atoms with Gasteiger partial charge in [0.25, 0.3) is 0 Å². The van der Waals surface area contributed by atoms with E-state index in [9.17, 15) is 0 Å². The molecule has 0 aliphatic heterocycles. The molecule has 3 rings (SSSR count). The first-order valence-electron chi connectivity index (χ1n) is 8.17. The van der Waals surface area contributed by atoms with Crippen molar-refractivity contribution in [2.75, 3.05) is 5.73 Å². The molecule has 2 aliphatic carbocycles. The smallest absolute Gasteiger partial charge is 0.141 e. The molecular weight excluding hydrogens is 346 g/mol. The number of nitrogens with two attached hydrogens (primary N) is 1. The minimum absolute atomic E-state index is 0.572. The Balaban J connectivity index is 1.69. The molecule has 1 heterocycles. The van der Waals surface area contributed by atoms with Crippen LogP contribution in [0.4, 0.5) is 5.82 Å². The maximum atomic E-state index is 6.09. The van der Waals surface area contributed by atoms with E-state index in [1.165, 1.54) is 57.8 Å². The van der Waals surface area contributed by atoms with Gasteiger partial charge in [-0.05, 0) is 41.6 Å². The highest BCUT2D eigenvalue weighted by Gasteiger charge is 2.23. The van der Waals surface area contributed by atoms with Gasteiger partial charge >= 0.3 is 0 Å². The molecule has 116 valence electrons. The molecular formula is C16H24BrN3S. The van der Waals surface area contributed by atoms with Crippen molar-refractivity contribution in [1.29, 1.82) is 0 Å². The minimum Gasteiger partial charge on any atom is -0.383 e. The Hall–Kier alpha value is -0.290. The summed E-state index contributed by atoms with van der Waals surface area (Å²) in [6.45, 7) is 0. The van der Waals surface area contributed by atoms with Gasteiger partial charge in [-0.3, -0.25) is 0 Å². The summed E-state index contributed by atoms with van der Waals surface area (Å²) in [6, 6.07) is 0. The van der Waals surface area contributed by atoms with E-state index in [1.54, 1.807) is 0 Å². The third-order valence-electron chi connectivity index (χ3n) is 4.69. The molecule has 2 N–H and O–H groups in total. The number of hydrogen-bond acceptors (Lipinski definition) is 4. The zero-order valence-electron chi connectivity index (χ0n) is 12.5. The lowest BCUT2D eigenvalue weighted by Gasteiger charge is -2.21. The monoisotopic (exact) mass is 369 g/mol. The maximum absolute atomic E-state index is 6.09. The average molecular weight is 370 g/mol. The SMILES string of the molecule is Nc1nc(CSC2CCCCC2)nc(C2CCCC2)c1Br. The fourth-order valence-electron chi connectivity index (χ4n) is 3.49. The van der Waals surface area contributed by atoms with Gasteiger partial charge in [-0.15, -0.1) is 0 Å². The van der Waals surface area contributed by atoms with Crippen LogP contribution in [0.1, 0.15) is 75.2 Å². The Labute approximate surface area is 140 Å². The van der Waals surface area contributed by atoms with Crippen molar-refractivity contribution >= 4 is 33.5 Å². The Morgan fingerprint density at radius 1 is 1.00 bits per heavy atom. The van der Waals surface area contributed by atoms with Gasteiger partial charge in [-0.25, -0.2) is 9.97 Å². The van der Waals surface area contributed by atoms with Gasteiger partial charge in [0.2, 0.25) is 0 Å². The van der Waals surface area contributed by atoms with Crippen LogP contribution in [0, 0.1) is 0 Å². The summed E-state index contributed by atoms with van der Waals surface area (Å²) in [5, 5.41) is 0.794. The summed E-state index contributed by atoms with van der Waals surface area (Å²) in [4.78, 5) is 9.33. The van der Waals surface area contributed by atoms with Crippen molar-refractivity contribution in [3.8, 4) is 0 Å². The van der Waals surface area contributed by atoms with E-state index < -0.39 is 0 Å². The molecule has 2 aliphatic rings. The molecule has 0 saturated heterocycles. The topological polar surface area (TPSA) is 51.8 Å². The van der Waals surface area contributed by atoms with Crippen LogP contribution in [0.5, 0.6) is 0 Å². The number of anilines is 1. The zero-order chi connectivity index (χ0) is 14.7. The normalized spacial score (nSPS) is 21.0. The molecule has 1 aromatic heterocycles. The molecule has 2 fully saturated rings. The van der Waals surface area contributed by atoms with Crippen LogP contribution >= 0.6 is 27.7 Å². The maximum Gasteiger partial charge on any atom is 0.141 e. The molecule has 3 nitrogen and oxygen atoms in total. The quantitative estimate of drug-likeness (QED) is 0.806. The number of aromatic nitrogens is 2. The average Bonchev–Trinajstić information content (AvgIpc) is 3.03. The second kappa shape index (κ2) is 7.32. The molecule has 0 radical (unpaired) electrons. The summed E-state index contributed by atoms with van der Waals surface area (Å²) in [5.74, 6) is 3.02. The third kappa shape index (κ3) is 3.92. The van der Waals surface area contributed by atoms with Crippen molar-refractivity contribution < 1.29 is 0 Å². The van der Waals surface area contributed by atoms with Gasteiger partial charge in [0.15, 0.2) is 0 Å². The Bertz CT molecular complexity index is 483. The largest absolute Gasteiger partial charge is 0.383 e. The summed E-state index contributed by atoms with van der Waals surface area (Å²) in [6.07, 6.45) is 12.0. The van der Waals surface area contributed by atoms with E-state index in [0.717, 1.165) is 27.0 Å². The molecule has 1 aromatic rings. The minimum atomic E-state index is 0.572. The summed E-state index contributed by atoms with van der Waals surface area (Å²) < 4.78 is 0.931. The number of rotatable bonds is 4. The molecule has 0 atom stereocenters. The summed E-state index contributed by atoms with van der Waals surface area (Å²) in [5.41, 5.74) is 7.24. The van der Waals surface area contributed by atoms with E-state index in [1.807, 2.05) is 11.8 Å². The lowest BCUT2D eigenvalue weighted by atomic mass is 10.0. The fraction of sp³-hybridized carbons (Fsp3) is 0.750. The first-order valence-corrected chi connectivity index (χ1v) is 10.0. The highest BCUT2D eigenvalue weighted by Crippen LogP contribution is 2.38. The predicted molar refractivity (Wildman–Crippen MR) is 93.5 cm³/mol. The molecule has 5 heteroatoms. The Morgan fingerprint density at radius 3 is 2.38 bits per heavy atom. The van der Waals surface area contributed by atoms with Crippen LogP contribution < -0.4 is 5.73 Å². The number of nitrogens with zero attached hydrogens (tertiary/aromatic N) is 2. The number of nitrogen functional groups attached to an aromatic ring is 1. The van der Waals surface area contributed by atoms with Gasteiger partial charge in [0, 0.05) is 11.2 Å². The van der Waals surface area contributed by atoms with Gasteiger partial charge in [0.1, 0.15) is 11.6 Å². The molecule has 0 spiro atoms. The Kier molecular flexibility index (Phi) is 5.43. The van der Waals surface area contributed by atoms with Crippen molar-refractivity contribution in [1.82, 2.24) is 9.97 Å². The van der Waals surface area contributed by atoms with Crippen LogP contribution in [0.3, 0.4) is 0 Å². The molecule has 0 amide bonds. The van der Waals surface area contributed by atoms with E-state index in [-0.39, 0.29) is 0 Å². The van der Waals surface area contributed by atoms with Crippen LogP contribution in [0.2, 0.25) is 0 Å². The van der Waals surface area contributed by atoms with Gasteiger partial charge in [-0.2, -0.15) is 11.8 Å². The first-order chi connectivity index (χ1) is 10.2. The van der Waals surface area contributed by atoms with Gasteiger partial charge < -0.3 is 5.73 Å². The molecule has 0 bridgehead atoms. The van der Waals surface area contributed by atoms with Crippen LogP contribution in [-0.2, 0) is 5.75 Å². The van der Waals surface area contributed by atoms with E-state index >= 15 is 0 Å². The highest BCUT2D eigenvalue weighted by atomic mass is 79.9.